The molecule has 1 aliphatic rings. The summed E-state index contributed by atoms with van der Waals surface area (Å²) in [5.74, 6) is 0.0156. The number of hydrogen-bond acceptors (Lipinski definition) is 7. The van der Waals surface area contributed by atoms with Crippen molar-refractivity contribution in [3.8, 4) is 5.75 Å². The van der Waals surface area contributed by atoms with Crippen LogP contribution in [-0.4, -0.2) is 60.0 Å². The van der Waals surface area contributed by atoms with E-state index in [2.05, 4.69) is 25.2 Å². The molecule has 0 spiro atoms. The number of carbonyl (C=O) groups excluding carboxylic acids is 2. The largest absolute Gasteiger partial charge is 0.488 e. The van der Waals surface area contributed by atoms with Crippen molar-refractivity contribution in [3.63, 3.8) is 0 Å². The van der Waals surface area contributed by atoms with E-state index in [9.17, 15) is 26.8 Å². The van der Waals surface area contributed by atoms with E-state index in [0.29, 0.717) is 0 Å². The second-order valence-corrected chi connectivity index (χ2v) is 7.70. The monoisotopic (exact) mass is 430 g/mol. The first-order valence-electron chi connectivity index (χ1n) is 8.23. The number of hydrogen-bond donors (Lipinski definition) is 3. The summed E-state index contributed by atoms with van der Waals surface area (Å²) < 4.78 is 56.3. The van der Waals surface area contributed by atoms with Gasteiger partial charge in [0, 0.05) is 6.07 Å². The Kier molecular flexibility index (Phi) is 6.03. The zero-order chi connectivity index (χ0) is 21.0. The molecule has 0 bridgehead atoms. The van der Waals surface area contributed by atoms with Crippen LogP contribution in [0.25, 0.3) is 0 Å². The minimum atomic E-state index is -3.97. The molecule has 3 amide bonds. The van der Waals surface area contributed by atoms with Crippen molar-refractivity contribution in [2.24, 2.45) is 0 Å². The first-order valence-corrected chi connectivity index (χ1v) is 9.71. The fourth-order valence-electron chi connectivity index (χ4n) is 2.42. The van der Waals surface area contributed by atoms with Gasteiger partial charge in [-0.1, -0.05) is 6.07 Å². The van der Waals surface area contributed by atoms with Crippen molar-refractivity contribution in [3.05, 3.63) is 35.9 Å². The predicted octanol–water partition coefficient (Wildman–Crippen LogP) is -0.0211. The molecule has 3 N–H and O–H groups in total. The lowest BCUT2D eigenvalue weighted by Gasteiger charge is -2.10. The second-order valence-electron chi connectivity index (χ2n) is 5.93. The number of alkyl halides is 2. The van der Waals surface area contributed by atoms with Crippen LogP contribution in [0.4, 0.5) is 13.6 Å². The number of urea groups is 1. The number of carbonyl (C=O) groups is 2. The van der Waals surface area contributed by atoms with E-state index >= 15 is 0 Å². The summed E-state index contributed by atoms with van der Waals surface area (Å²) in [6.45, 7) is -1.19. The number of ether oxygens (including phenoxy) is 1. The third-order valence-electron chi connectivity index (χ3n) is 3.71. The number of imide groups is 1. The maximum atomic E-state index is 12.4. The molecule has 1 aliphatic heterocycles. The van der Waals surface area contributed by atoms with E-state index in [-0.39, 0.29) is 41.9 Å². The Morgan fingerprint density at radius 2 is 2.00 bits per heavy atom. The van der Waals surface area contributed by atoms with Crippen molar-refractivity contribution in [1.29, 1.82) is 0 Å². The standard InChI is InChI=1S/C15H16F2N6O5S/c16-11(17)8-28-9-2-1-3-10(4-9)29(26,27)18-5-12-19-13(22-21-12)6-23-7-14(24)20-15(23)25/h1-4,11,18H,5-8H2,(H,19,21,22)(H,20,24,25). The third kappa shape index (κ3) is 5.45. The van der Waals surface area contributed by atoms with Gasteiger partial charge in [-0.2, -0.15) is 0 Å². The molecule has 0 unspecified atom stereocenters. The lowest BCUT2D eigenvalue weighted by Crippen LogP contribution is -2.28. The molecule has 3 rings (SSSR count). The van der Waals surface area contributed by atoms with E-state index < -0.39 is 35.0 Å². The summed E-state index contributed by atoms with van der Waals surface area (Å²) in [7, 11) is -3.97. The first kappa shape index (κ1) is 20.6. The average Bonchev–Trinajstić information content (AvgIpc) is 3.24. The fraction of sp³-hybridized carbons (Fsp3) is 0.333. The summed E-state index contributed by atoms with van der Waals surface area (Å²) in [6.07, 6.45) is -2.68. The maximum absolute atomic E-state index is 12.4. The van der Waals surface area contributed by atoms with Gasteiger partial charge in [-0.05, 0) is 12.1 Å². The van der Waals surface area contributed by atoms with Crippen LogP contribution < -0.4 is 14.8 Å². The Morgan fingerprint density at radius 1 is 1.24 bits per heavy atom. The second kappa shape index (κ2) is 8.48. The summed E-state index contributed by atoms with van der Waals surface area (Å²) in [5, 5.41) is 9.70. The highest BCUT2D eigenvalue weighted by Crippen LogP contribution is 2.18. The number of aromatic nitrogens is 3. The quantitative estimate of drug-likeness (QED) is 0.474. The van der Waals surface area contributed by atoms with E-state index in [1.807, 2.05) is 0 Å². The van der Waals surface area contributed by atoms with Crippen LogP contribution in [0, 0.1) is 0 Å². The molecule has 1 saturated heterocycles. The van der Waals surface area contributed by atoms with Gasteiger partial charge in [-0.3, -0.25) is 10.1 Å². The maximum Gasteiger partial charge on any atom is 0.324 e. The smallest absolute Gasteiger partial charge is 0.324 e. The number of nitrogens with one attached hydrogen (secondary N) is 3. The normalized spacial score (nSPS) is 14.5. The Balaban J connectivity index is 1.59. The Labute approximate surface area is 163 Å². The molecule has 0 saturated carbocycles. The van der Waals surface area contributed by atoms with Crippen LogP contribution >= 0.6 is 0 Å². The van der Waals surface area contributed by atoms with Crippen molar-refractivity contribution in [2.45, 2.75) is 24.4 Å². The Hall–Kier alpha value is -3.13. The fourth-order valence-corrected chi connectivity index (χ4v) is 3.44. The van der Waals surface area contributed by atoms with Gasteiger partial charge in [0.25, 0.3) is 6.43 Å². The number of aromatic amines is 1. The lowest BCUT2D eigenvalue weighted by molar-refractivity contribution is -0.118. The lowest BCUT2D eigenvalue weighted by atomic mass is 10.3. The number of amides is 3. The highest BCUT2D eigenvalue weighted by atomic mass is 32.2. The van der Waals surface area contributed by atoms with Gasteiger partial charge in [-0.25, -0.2) is 26.7 Å². The molecule has 0 radical (unpaired) electrons. The molecular weight excluding hydrogens is 414 g/mol. The first-order chi connectivity index (χ1) is 13.7. The summed E-state index contributed by atoms with van der Waals surface area (Å²) >= 11 is 0. The van der Waals surface area contributed by atoms with Gasteiger partial charge in [0.05, 0.1) is 18.0 Å². The van der Waals surface area contributed by atoms with Crippen LogP contribution in [0.5, 0.6) is 5.75 Å². The number of benzene rings is 1. The summed E-state index contributed by atoms with van der Waals surface area (Å²) in [5.41, 5.74) is 0. The van der Waals surface area contributed by atoms with E-state index in [0.717, 1.165) is 6.07 Å². The zero-order valence-corrected chi connectivity index (χ0v) is 15.6. The number of nitrogens with zero attached hydrogens (tertiary/aromatic N) is 3. The van der Waals surface area contributed by atoms with Gasteiger partial charge in [0.2, 0.25) is 15.9 Å². The van der Waals surface area contributed by atoms with Crippen LogP contribution in [0.15, 0.2) is 29.2 Å². The van der Waals surface area contributed by atoms with Gasteiger partial charge in [-0.15, -0.1) is 10.2 Å². The highest BCUT2D eigenvalue weighted by molar-refractivity contribution is 7.89. The third-order valence-corrected chi connectivity index (χ3v) is 5.11. The molecule has 1 aromatic carbocycles. The number of H-pyrrole nitrogens is 1. The highest BCUT2D eigenvalue weighted by Gasteiger charge is 2.27. The molecule has 2 aromatic rings. The van der Waals surface area contributed by atoms with Gasteiger partial charge in [0.1, 0.15) is 30.5 Å². The zero-order valence-electron chi connectivity index (χ0n) is 14.8. The Morgan fingerprint density at radius 3 is 2.69 bits per heavy atom. The molecule has 0 aliphatic carbocycles. The Bertz CT molecular complexity index is 1010. The van der Waals surface area contributed by atoms with Crippen LogP contribution in [0.2, 0.25) is 0 Å². The number of halogens is 2. The molecule has 14 heteroatoms. The van der Waals surface area contributed by atoms with Crippen molar-refractivity contribution in [2.75, 3.05) is 13.2 Å². The van der Waals surface area contributed by atoms with Crippen molar-refractivity contribution in [1.82, 2.24) is 30.1 Å². The van der Waals surface area contributed by atoms with Crippen LogP contribution in [0.1, 0.15) is 11.6 Å². The molecule has 29 heavy (non-hydrogen) atoms. The van der Waals surface area contributed by atoms with Crippen LogP contribution in [-0.2, 0) is 27.9 Å². The number of rotatable bonds is 9. The molecular formula is C15H16F2N6O5S. The molecule has 1 fully saturated rings. The predicted molar refractivity (Wildman–Crippen MR) is 92.3 cm³/mol. The van der Waals surface area contributed by atoms with Crippen LogP contribution in [0.3, 0.4) is 0 Å². The molecule has 0 atom stereocenters. The van der Waals surface area contributed by atoms with E-state index in [1.54, 1.807) is 0 Å². The molecule has 2 heterocycles. The minimum absolute atomic E-state index is 0.000838. The minimum Gasteiger partial charge on any atom is -0.488 e. The van der Waals surface area contributed by atoms with Gasteiger partial charge in [0.15, 0.2) is 0 Å². The van der Waals surface area contributed by atoms with Crippen molar-refractivity contribution < 1.29 is 31.5 Å². The topological polar surface area (TPSA) is 146 Å². The summed E-state index contributed by atoms with van der Waals surface area (Å²) in [4.78, 5) is 26.5. The van der Waals surface area contributed by atoms with Gasteiger partial charge >= 0.3 is 6.03 Å². The van der Waals surface area contributed by atoms with E-state index in [4.69, 9.17) is 4.74 Å². The number of sulfonamides is 1. The van der Waals surface area contributed by atoms with Gasteiger partial charge < -0.3 is 14.6 Å². The molecule has 11 nitrogen and oxygen atoms in total. The molecule has 1 aromatic heterocycles. The SMILES string of the molecule is O=C1CN(Cc2nnc(CNS(=O)(=O)c3cccc(OCC(F)F)c3)[nH]2)C(=O)N1. The van der Waals surface area contributed by atoms with Crippen molar-refractivity contribution >= 4 is 22.0 Å². The van der Waals surface area contributed by atoms with E-state index in [1.165, 1.54) is 23.1 Å². The average molecular weight is 430 g/mol. The molecule has 156 valence electrons. The summed E-state index contributed by atoms with van der Waals surface area (Å²) in [6, 6.07) is 4.59.